The minimum atomic E-state index is -0.932. The average Bonchev–Trinajstić information content (AvgIpc) is 2.52. The normalized spacial score (nSPS) is 10.3. The highest BCUT2D eigenvalue weighted by atomic mass is 16.5. The van der Waals surface area contributed by atoms with Crippen LogP contribution in [-0.2, 0) is 11.2 Å². The first kappa shape index (κ1) is 15.6. The molecule has 0 amide bonds. The number of hydrogen-bond donors (Lipinski definition) is 2. The Bertz CT molecular complexity index is 736. The molecular formula is C16H17NO5. The molecule has 0 unspecified atom stereocenters. The lowest BCUT2D eigenvalue weighted by Gasteiger charge is -2.11. The standard InChI is InChI=1S/C16H17NO5/c1-21-11-5-7-14(22-2)12(9-11)13-6-3-10(16(20)17-13)4-8-15(18)19/h3,5-7,9H,4,8H2,1-2H3,(H,17,20)(H,18,19). The number of aromatic amines is 1. The molecular weight excluding hydrogens is 286 g/mol. The van der Waals surface area contributed by atoms with E-state index in [0.717, 1.165) is 0 Å². The fourth-order valence-corrected chi connectivity index (χ4v) is 2.12. The molecule has 2 N–H and O–H groups in total. The molecule has 0 saturated heterocycles. The van der Waals surface area contributed by atoms with Crippen LogP contribution in [0, 0.1) is 0 Å². The summed E-state index contributed by atoms with van der Waals surface area (Å²) in [5.74, 6) is 0.319. The van der Waals surface area contributed by atoms with Gasteiger partial charge in [-0.3, -0.25) is 9.59 Å². The van der Waals surface area contributed by atoms with Crippen molar-refractivity contribution in [1.29, 1.82) is 0 Å². The third-order valence-electron chi connectivity index (χ3n) is 3.30. The molecule has 22 heavy (non-hydrogen) atoms. The quantitative estimate of drug-likeness (QED) is 0.853. The van der Waals surface area contributed by atoms with E-state index in [9.17, 15) is 9.59 Å². The van der Waals surface area contributed by atoms with Crippen LogP contribution in [0.25, 0.3) is 11.3 Å². The van der Waals surface area contributed by atoms with Gasteiger partial charge in [-0.15, -0.1) is 0 Å². The molecule has 6 nitrogen and oxygen atoms in total. The van der Waals surface area contributed by atoms with Crippen molar-refractivity contribution in [3.8, 4) is 22.8 Å². The van der Waals surface area contributed by atoms with Crippen molar-refractivity contribution >= 4 is 5.97 Å². The zero-order valence-electron chi connectivity index (χ0n) is 12.4. The number of rotatable bonds is 6. The van der Waals surface area contributed by atoms with Crippen LogP contribution in [0.5, 0.6) is 11.5 Å². The molecule has 1 aromatic carbocycles. The predicted octanol–water partition coefficient (Wildman–Crippen LogP) is 2.08. The van der Waals surface area contributed by atoms with E-state index < -0.39 is 5.97 Å². The first-order valence-corrected chi connectivity index (χ1v) is 6.71. The smallest absolute Gasteiger partial charge is 0.303 e. The van der Waals surface area contributed by atoms with Gasteiger partial charge in [0.05, 0.1) is 19.9 Å². The van der Waals surface area contributed by atoms with Crippen molar-refractivity contribution in [3.05, 3.63) is 46.2 Å². The van der Waals surface area contributed by atoms with Gasteiger partial charge in [-0.05, 0) is 30.7 Å². The van der Waals surface area contributed by atoms with Gasteiger partial charge in [0.25, 0.3) is 5.56 Å². The van der Waals surface area contributed by atoms with Crippen molar-refractivity contribution in [2.75, 3.05) is 14.2 Å². The van der Waals surface area contributed by atoms with Gasteiger partial charge >= 0.3 is 5.97 Å². The van der Waals surface area contributed by atoms with Crippen molar-refractivity contribution < 1.29 is 19.4 Å². The summed E-state index contributed by atoms with van der Waals surface area (Å²) in [6.45, 7) is 0. The summed E-state index contributed by atoms with van der Waals surface area (Å²) in [6.07, 6.45) is 0.116. The average molecular weight is 303 g/mol. The van der Waals surface area contributed by atoms with Gasteiger partial charge < -0.3 is 19.6 Å². The maximum Gasteiger partial charge on any atom is 0.303 e. The Hall–Kier alpha value is -2.76. The van der Waals surface area contributed by atoms with Crippen molar-refractivity contribution in [2.24, 2.45) is 0 Å². The van der Waals surface area contributed by atoms with Gasteiger partial charge in [-0.25, -0.2) is 0 Å². The Morgan fingerprint density at radius 3 is 2.55 bits per heavy atom. The number of carboxylic acid groups (broad SMARTS) is 1. The molecule has 1 aromatic heterocycles. The molecule has 2 aromatic rings. The second-order valence-electron chi connectivity index (χ2n) is 4.69. The number of ether oxygens (including phenoxy) is 2. The summed E-state index contributed by atoms with van der Waals surface area (Å²) in [7, 11) is 3.11. The van der Waals surface area contributed by atoms with Gasteiger partial charge in [-0.2, -0.15) is 0 Å². The summed E-state index contributed by atoms with van der Waals surface area (Å²) in [5.41, 5.74) is 1.42. The van der Waals surface area contributed by atoms with Crippen molar-refractivity contribution in [1.82, 2.24) is 4.98 Å². The Labute approximate surface area is 127 Å². The van der Waals surface area contributed by atoms with E-state index >= 15 is 0 Å². The maximum atomic E-state index is 12.1. The Balaban J connectivity index is 2.39. The molecule has 0 aliphatic heterocycles. The van der Waals surface area contributed by atoms with Gasteiger partial charge in [0, 0.05) is 17.5 Å². The number of nitrogens with one attached hydrogen (secondary N) is 1. The van der Waals surface area contributed by atoms with E-state index in [2.05, 4.69) is 4.98 Å². The van der Waals surface area contributed by atoms with E-state index in [1.807, 2.05) is 0 Å². The highest BCUT2D eigenvalue weighted by Crippen LogP contribution is 2.31. The number of carbonyl (C=O) groups is 1. The Morgan fingerprint density at radius 1 is 1.18 bits per heavy atom. The first-order chi connectivity index (χ1) is 10.5. The molecule has 0 aliphatic carbocycles. The monoisotopic (exact) mass is 303 g/mol. The molecule has 0 saturated carbocycles. The van der Waals surface area contributed by atoms with Crippen LogP contribution in [0.1, 0.15) is 12.0 Å². The number of pyridine rings is 1. The Kier molecular flexibility index (Phi) is 4.83. The van der Waals surface area contributed by atoms with Gasteiger partial charge in [0.1, 0.15) is 11.5 Å². The number of aryl methyl sites for hydroxylation is 1. The van der Waals surface area contributed by atoms with Crippen LogP contribution in [-0.4, -0.2) is 30.3 Å². The lowest BCUT2D eigenvalue weighted by Crippen LogP contribution is -2.14. The lowest BCUT2D eigenvalue weighted by molar-refractivity contribution is -0.136. The zero-order chi connectivity index (χ0) is 16.1. The van der Waals surface area contributed by atoms with E-state index in [-0.39, 0.29) is 18.4 Å². The summed E-state index contributed by atoms with van der Waals surface area (Å²) in [6, 6.07) is 8.65. The number of H-pyrrole nitrogens is 1. The van der Waals surface area contributed by atoms with Crippen molar-refractivity contribution in [3.63, 3.8) is 0 Å². The summed E-state index contributed by atoms with van der Waals surface area (Å²) in [4.78, 5) is 25.4. The summed E-state index contributed by atoms with van der Waals surface area (Å²) < 4.78 is 10.5. The van der Waals surface area contributed by atoms with Crippen LogP contribution >= 0.6 is 0 Å². The van der Waals surface area contributed by atoms with Crippen LogP contribution in [0.4, 0.5) is 0 Å². The highest BCUT2D eigenvalue weighted by molar-refractivity contribution is 5.69. The first-order valence-electron chi connectivity index (χ1n) is 6.71. The summed E-state index contributed by atoms with van der Waals surface area (Å²) in [5, 5.41) is 8.68. The largest absolute Gasteiger partial charge is 0.497 e. The topological polar surface area (TPSA) is 88.6 Å². The van der Waals surface area contributed by atoms with Gasteiger partial charge in [-0.1, -0.05) is 6.07 Å². The predicted molar refractivity (Wildman–Crippen MR) is 81.6 cm³/mol. The number of carboxylic acids is 1. The summed E-state index contributed by atoms with van der Waals surface area (Å²) >= 11 is 0. The molecule has 116 valence electrons. The number of benzene rings is 1. The van der Waals surface area contributed by atoms with Crippen molar-refractivity contribution in [2.45, 2.75) is 12.8 Å². The minimum Gasteiger partial charge on any atom is -0.497 e. The van der Waals surface area contributed by atoms with E-state index in [1.54, 1.807) is 44.6 Å². The molecule has 0 fully saturated rings. The molecule has 0 spiro atoms. The van der Waals surface area contributed by atoms with E-state index in [0.29, 0.717) is 28.3 Å². The maximum absolute atomic E-state index is 12.1. The second kappa shape index (κ2) is 6.80. The van der Waals surface area contributed by atoms with Crippen LogP contribution in [0.15, 0.2) is 35.1 Å². The molecule has 0 radical (unpaired) electrons. The van der Waals surface area contributed by atoms with Gasteiger partial charge in [0.15, 0.2) is 0 Å². The molecule has 2 rings (SSSR count). The van der Waals surface area contributed by atoms with Crippen LogP contribution in [0.2, 0.25) is 0 Å². The lowest BCUT2D eigenvalue weighted by atomic mass is 10.1. The SMILES string of the molecule is COc1ccc(OC)c(-c2ccc(CCC(=O)O)c(=O)[nH]2)c1. The fraction of sp³-hybridized carbons (Fsp3) is 0.250. The Morgan fingerprint density at radius 2 is 1.95 bits per heavy atom. The third kappa shape index (κ3) is 3.46. The van der Waals surface area contributed by atoms with Gasteiger partial charge in [0.2, 0.25) is 0 Å². The number of hydrogen-bond acceptors (Lipinski definition) is 4. The number of aromatic nitrogens is 1. The molecule has 0 bridgehead atoms. The number of aliphatic carboxylic acids is 1. The fourth-order valence-electron chi connectivity index (χ4n) is 2.12. The number of methoxy groups -OCH3 is 2. The second-order valence-corrected chi connectivity index (χ2v) is 4.69. The minimum absolute atomic E-state index is 0.0785. The highest BCUT2D eigenvalue weighted by Gasteiger charge is 2.10. The van der Waals surface area contributed by atoms with E-state index in [1.165, 1.54) is 0 Å². The molecule has 0 atom stereocenters. The molecule has 0 aliphatic rings. The van der Waals surface area contributed by atoms with Crippen LogP contribution in [0.3, 0.4) is 0 Å². The molecule has 6 heteroatoms. The molecule has 1 heterocycles. The zero-order valence-corrected chi connectivity index (χ0v) is 12.4. The van der Waals surface area contributed by atoms with E-state index in [4.69, 9.17) is 14.6 Å². The van der Waals surface area contributed by atoms with Crippen LogP contribution < -0.4 is 15.0 Å². The third-order valence-corrected chi connectivity index (χ3v) is 3.30.